The number of piperazine rings is 1. The second-order valence-electron chi connectivity index (χ2n) is 7.14. The normalized spacial score (nSPS) is 16.1. The maximum absolute atomic E-state index is 13.0. The number of sulfonamides is 1. The van der Waals surface area contributed by atoms with E-state index in [0.717, 1.165) is 16.7 Å². The first kappa shape index (κ1) is 20.5. The number of aryl methyl sites for hydroxylation is 2. The number of carbonyl (C=O) groups is 1. The van der Waals surface area contributed by atoms with Gasteiger partial charge in [0.05, 0.1) is 17.6 Å². The van der Waals surface area contributed by atoms with Gasteiger partial charge in [-0.2, -0.15) is 4.31 Å². The molecule has 1 heterocycles. The van der Waals surface area contributed by atoms with Crippen LogP contribution in [0.25, 0.3) is 0 Å². The Kier molecular flexibility index (Phi) is 6.17. The predicted molar refractivity (Wildman–Crippen MR) is 108 cm³/mol. The second-order valence-corrected chi connectivity index (χ2v) is 9.05. The van der Waals surface area contributed by atoms with Gasteiger partial charge in [-0.1, -0.05) is 29.8 Å². The zero-order chi connectivity index (χ0) is 20.3. The van der Waals surface area contributed by atoms with Crippen LogP contribution >= 0.6 is 0 Å². The van der Waals surface area contributed by atoms with Gasteiger partial charge < -0.3 is 4.74 Å². The SMILES string of the molecule is COC(=O)c1cccc(CN2CCN(S(=O)(=O)c3ccc(C)cc3C)CC2)c1. The van der Waals surface area contributed by atoms with Crippen LogP contribution in [0.5, 0.6) is 0 Å². The van der Waals surface area contributed by atoms with Crippen LogP contribution in [0.4, 0.5) is 0 Å². The van der Waals surface area contributed by atoms with Crippen LogP contribution in [-0.2, 0) is 21.3 Å². The fraction of sp³-hybridized carbons (Fsp3) is 0.381. The lowest BCUT2D eigenvalue weighted by atomic mass is 10.1. The topological polar surface area (TPSA) is 66.9 Å². The quantitative estimate of drug-likeness (QED) is 0.719. The van der Waals surface area contributed by atoms with Crippen molar-refractivity contribution in [1.29, 1.82) is 0 Å². The molecule has 6 nitrogen and oxygen atoms in total. The lowest BCUT2D eigenvalue weighted by molar-refractivity contribution is 0.0600. The average molecular weight is 403 g/mol. The molecular formula is C21H26N2O4S. The molecule has 1 aliphatic heterocycles. The summed E-state index contributed by atoms with van der Waals surface area (Å²) in [6.45, 7) is 6.65. The molecule has 2 aromatic carbocycles. The first-order valence-electron chi connectivity index (χ1n) is 9.28. The number of methoxy groups -OCH3 is 1. The van der Waals surface area contributed by atoms with Gasteiger partial charge in [0.2, 0.25) is 10.0 Å². The summed E-state index contributed by atoms with van der Waals surface area (Å²) in [5, 5.41) is 0. The zero-order valence-corrected chi connectivity index (χ0v) is 17.3. The van der Waals surface area contributed by atoms with E-state index >= 15 is 0 Å². The molecule has 0 aromatic heterocycles. The number of esters is 1. The van der Waals surface area contributed by atoms with Crippen molar-refractivity contribution < 1.29 is 17.9 Å². The molecule has 7 heteroatoms. The summed E-state index contributed by atoms with van der Waals surface area (Å²) < 4.78 is 32.3. The first-order valence-corrected chi connectivity index (χ1v) is 10.7. The summed E-state index contributed by atoms with van der Waals surface area (Å²) >= 11 is 0. The molecule has 0 atom stereocenters. The minimum atomic E-state index is -3.48. The van der Waals surface area contributed by atoms with E-state index in [1.807, 2.05) is 44.2 Å². The van der Waals surface area contributed by atoms with E-state index in [9.17, 15) is 13.2 Å². The van der Waals surface area contributed by atoms with E-state index in [-0.39, 0.29) is 5.97 Å². The van der Waals surface area contributed by atoms with Crippen molar-refractivity contribution in [2.45, 2.75) is 25.3 Å². The van der Waals surface area contributed by atoms with Crippen molar-refractivity contribution in [3.05, 3.63) is 64.7 Å². The molecule has 3 rings (SSSR count). The Bertz CT molecular complexity index is 964. The van der Waals surface area contributed by atoms with Crippen molar-refractivity contribution in [2.75, 3.05) is 33.3 Å². The van der Waals surface area contributed by atoms with Crippen LogP contribution in [0.1, 0.15) is 27.0 Å². The Hall–Kier alpha value is -2.22. The lowest BCUT2D eigenvalue weighted by Gasteiger charge is -2.34. The zero-order valence-electron chi connectivity index (χ0n) is 16.5. The Balaban J connectivity index is 1.65. The van der Waals surface area contributed by atoms with Crippen molar-refractivity contribution in [2.24, 2.45) is 0 Å². The van der Waals surface area contributed by atoms with Crippen LogP contribution < -0.4 is 0 Å². The van der Waals surface area contributed by atoms with Crippen molar-refractivity contribution >= 4 is 16.0 Å². The van der Waals surface area contributed by atoms with Crippen molar-refractivity contribution in [3.8, 4) is 0 Å². The third-order valence-corrected chi connectivity index (χ3v) is 7.09. The molecule has 28 heavy (non-hydrogen) atoms. The highest BCUT2D eigenvalue weighted by Crippen LogP contribution is 2.22. The summed E-state index contributed by atoms with van der Waals surface area (Å²) in [6, 6.07) is 12.8. The van der Waals surface area contributed by atoms with Gasteiger partial charge in [0.15, 0.2) is 0 Å². The van der Waals surface area contributed by atoms with E-state index < -0.39 is 10.0 Å². The van der Waals surface area contributed by atoms with E-state index in [2.05, 4.69) is 4.90 Å². The average Bonchev–Trinajstić information content (AvgIpc) is 2.67. The van der Waals surface area contributed by atoms with Gasteiger partial charge in [0.25, 0.3) is 0 Å². The number of rotatable bonds is 5. The van der Waals surface area contributed by atoms with Crippen molar-refractivity contribution in [3.63, 3.8) is 0 Å². The van der Waals surface area contributed by atoms with Crippen LogP contribution in [-0.4, -0.2) is 56.9 Å². The molecule has 0 bridgehead atoms. The summed E-state index contributed by atoms with van der Waals surface area (Å²) in [4.78, 5) is 14.3. The molecule has 0 spiro atoms. The number of carbonyl (C=O) groups excluding carboxylic acids is 1. The van der Waals surface area contributed by atoms with Crippen LogP contribution in [0, 0.1) is 13.8 Å². The van der Waals surface area contributed by atoms with Gasteiger partial charge in [-0.25, -0.2) is 13.2 Å². The number of hydrogen-bond donors (Lipinski definition) is 0. The number of hydrogen-bond acceptors (Lipinski definition) is 5. The summed E-state index contributed by atoms with van der Waals surface area (Å²) in [7, 11) is -2.12. The summed E-state index contributed by atoms with van der Waals surface area (Å²) in [5.74, 6) is -0.355. The Morgan fingerprint density at radius 1 is 1.04 bits per heavy atom. The third kappa shape index (κ3) is 4.43. The molecule has 0 radical (unpaired) electrons. The van der Waals surface area contributed by atoms with Gasteiger partial charge in [0, 0.05) is 32.7 Å². The minimum Gasteiger partial charge on any atom is -0.465 e. The molecule has 0 saturated carbocycles. The Labute approximate surface area is 166 Å². The largest absolute Gasteiger partial charge is 0.465 e. The third-order valence-electron chi connectivity index (χ3n) is 5.03. The van der Waals surface area contributed by atoms with Crippen molar-refractivity contribution in [1.82, 2.24) is 9.21 Å². The number of benzene rings is 2. The standard InChI is InChI=1S/C21H26N2O4S/c1-16-7-8-20(17(2)13-16)28(25,26)23-11-9-22(10-12-23)15-18-5-4-6-19(14-18)21(24)27-3/h4-8,13-14H,9-12,15H2,1-3H3. The Morgan fingerprint density at radius 2 is 1.75 bits per heavy atom. The predicted octanol–water partition coefficient (Wildman–Crippen LogP) is 2.60. The maximum atomic E-state index is 13.0. The van der Waals surface area contributed by atoms with Gasteiger partial charge in [-0.05, 0) is 43.2 Å². The molecule has 0 N–H and O–H groups in total. The highest BCUT2D eigenvalue weighted by Gasteiger charge is 2.29. The van der Waals surface area contributed by atoms with Crippen LogP contribution in [0.2, 0.25) is 0 Å². The highest BCUT2D eigenvalue weighted by atomic mass is 32.2. The molecule has 2 aromatic rings. The monoisotopic (exact) mass is 402 g/mol. The van der Waals surface area contributed by atoms with Gasteiger partial charge in [-0.3, -0.25) is 4.90 Å². The van der Waals surface area contributed by atoms with E-state index in [0.29, 0.717) is 43.2 Å². The molecule has 0 amide bonds. The van der Waals surface area contributed by atoms with E-state index in [4.69, 9.17) is 4.74 Å². The fourth-order valence-corrected chi connectivity index (χ4v) is 5.16. The molecule has 1 saturated heterocycles. The molecule has 150 valence electrons. The van der Waals surface area contributed by atoms with E-state index in [1.54, 1.807) is 16.4 Å². The summed E-state index contributed by atoms with van der Waals surface area (Å²) in [6.07, 6.45) is 0. The molecule has 0 unspecified atom stereocenters. The van der Waals surface area contributed by atoms with Gasteiger partial charge in [-0.15, -0.1) is 0 Å². The lowest BCUT2D eigenvalue weighted by Crippen LogP contribution is -2.48. The highest BCUT2D eigenvalue weighted by molar-refractivity contribution is 7.89. The number of ether oxygens (including phenoxy) is 1. The van der Waals surface area contributed by atoms with Gasteiger partial charge in [0.1, 0.15) is 0 Å². The molecular weight excluding hydrogens is 376 g/mol. The molecule has 1 aliphatic rings. The molecule has 1 fully saturated rings. The smallest absolute Gasteiger partial charge is 0.337 e. The summed E-state index contributed by atoms with van der Waals surface area (Å²) in [5.41, 5.74) is 3.36. The molecule has 0 aliphatic carbocycles. The maximum Gasteiger partial charge on any atom is 0.337 e. The minimum absolute atomic E-state index is 0.355. The van der Waals surface area contributed by atoms with Crippen LogP contribution in [0.3, 0.4) is 0 Å². The van der Waals surface area contributed by atoms with E-state index in [1.165, 1.54) is 7.11 Å². The van der Waals surface area contributed by atoms with Gasteiger partial charge >= 0.3 is 5.97 Å². The number of nitrogens with zero attached hydrogens (tertiary/aromatic N) is 2. The first-order chi connectivity index (χ1) is 13.3. The van der Waals surface area contributed by atoms with Crippen LogP contribution in [0.15, 0.2) is 47.4 Å². The second kappa shape index (κ2) is 8.43. The Morgan fingerprint density at radius 3 is 2.39 bits per heavy atom. The fourth-order valence-electron chi connectivity index (χ4n) is 3.53.